The Bertz CT molecular complexity index is 537. The van der Waals surface area contributed by atoms with Crippen LogP contribution in [0.3, 0.4) is 0 Å². The number of piperazine rings is 1. The first-order valence-electron chi connectivity index (χ1n) is 7.89. The SMILES string of the molecule is COC(=O)[C@@H](C)Nc1ccc(CC(=O)N2CCN(C)CC2)cc1. The predicted molar refractivity (Wildman–Crippen MR) is 89.3 cm³/mol. The summed E-state index contributed by atoms with van der Waals surface area (Å²) in [6, 6.07) is 7.19. The van der Waals surface area contributed by atoms with Gasteiger partial charge in [0.05, 0.1) is 13.5 Å². The Morgan fingerprint density at radius 1 is 1.17 bits per heavy atom. The fourth-order valence-electron chi connectivity index (χ4n) is 2.55. The van der Waals surface area contributed by atoms with Gasteiger partial charge in [-0.15, -0.1) is 0 Å². The molecule has 6 nitrogen and oxygen atoms in total. The van der Waals surface area contributed by atoms with Gasteiger partial charge in [-0.1, -0.05) is 12.1 Å². The van der Waals surface area contributed by atoms with E-state index in [9.17, 15) is 9.59 Å². The molecule has 0 aromatic heterocycles. The molecule has 0 bridgehead atoms. The van der Waals surface area contributed by atoms with Crippen molar-refractivity contribution in [2.45, 2.75) is 19.4 Å². The van der Waals surface area contributed by atoms with Gasteiger partial charge in [0.25, 0.3) is 0 Å². The molecule has 1 N–H and O–H groups in total. The van der Waals surface area contributed by atoms with E-state index < -0.39 is 6.04 Å². The van der Waals surface area contributed by atoms with E-state index in [0.717, 1.165) is 37.4 Å². The standard InChI is InChI=1S/C17H25N3O3/c1-13(17(22)23-3)18-15-6-4-14(5-7-15)12-16(21)20-10-8-19(2)9-11-20/h4-7,13,18H,8-12H2,1-3H3/t13-/m1/s1. The van der Waals surface area contributed by atoms with Gasteiger partial charge in [-0.05, 0) is 31.7 Å². The van der Waals surface area contributed by atoms with E-state index in [0.29, 0.717) is 6.42 Å². The summed E-state index contributed by atoms with van der Waals surface area (Å²) in [7, 11) is 3.44. The third-order valence-corrected chi connectivity index (χ3v) is 4.10. The minimum atomic E-state index is -0.405. The zero-order valence-electron chi connectivity index (χ0n) is 14.0. The molecule has 1 aromatic rings. The summed E-state index contributed by atoms with van der Waals surface area (Å²) in [6.07, 6.45) is 0.413. The normalized spacial score (nSPS) is 16.7. The van der Waals surface area contributed by atoms with Crippen molar-refractivity contribution >= 4 is 17.6 Å². The summed E-state index contributed by atoms with van der Waals surface area (Å²) in [4.78, 5) is 27.8. The number of hydrogen-bond donors (Lipinski definition) is 1. The number of amides is 1. The number of nitrogens with zero attached hydrogens (tertiary/aromatic N) is 2. The van der Waals surface area contributed by atoms with Crippen LogP contribution >= 0.6 is 0 Å². The van der Waals surface area contributed by atoms with E-state index in [-0.39, 0.29) is 11.9 Å². The Morgan fingerprint density at radius 2 is 1.78 bits per heavy atom. The number of rotatable bonds is 5. The average Bonchev–Trinajstić information content (AvgIpc) is 2.56. The first-order chi connectivity index (χ1) is 11.0. The summed E-state index contributed by atoms with van der Waals surface area (Å²) in [6.45, 7) is 5.20. The maximum atomic E-state index is 12.3. The highest BCUT2D eigenvalue weighted by Gasteiger charge is 2.19. The number of benzene rings is 1. The van der Waals surface area contributed by atoms with Crippen LogP contribution in [0.1, 0.15) is 12.5 Å². The zero-order chi connectivity index (χ0) is 16.8. The third kappa shape index (κ3) is 4.96. The highest BCUT2D eigenvalue weighted by atomic mass is 16.5. The summed E-state index contributed by atoms with van der Waals surface area (Å²) in [5.41, 5.74) is 1.81. The lowest BCUT2D eigenvalue weighted by Crippen LogP contribution is -2.47. The van der Waals surface area contributed by atoms with Gasteiger partial charge in [0.15, 0.2) is 0 Å². The van der Waals surface area contributed by atoms with Gasteiger partial charge in [-0.2, -0.15) is 0 Å². The van der Waals surface area contributed by atoms with Crippen molar-refractivity contribution in [1.29, 1.82) is 0 Å². The quantitative estimate of drug-likeness (QED) is 0.820. The van der Waals surface area contributed by atoms with Crippen molar-refractivity contribution in [1.82, 2.24) is 9.80 Å². The number of hydrogen-bond acceptors (Lipinski definition) is 5. The number of esters is 1. The van der Waals surface area contributed by atoms with Crippen molar-refractivity contribution < 1.29 is 14.3 Å². The van der Waals surface area contributed by atoms with E-state index in [4.69, 9.17) is 0 Å². The average molecular weight is 319 g/mol. The third-order valence-electron chi connectivity index (χ3n) is 4.10. The van der Waals surface area contributed by atoms with Gasteiger partial charge < -0.3 is 19.9 Å². The van der Waals surface area contributed by atoms with E-state index in [1.807, 2.05) is 29.2 Å². The molecule has 0 aliphatic carbocycles. The van der Waals surface area contributed by atoms with Crippen molar-refractivity contribution in [2.75, 3.05) is 45.7 Å². The Labute approximate surface area is 137 Å². The Kier molecular flexibility index (Phi) is 5.98. The lowest BCUT2D eigenvalue weighted by molar-refractivity contribution is -0.141. The van der Waals surface area contributed by atoms with Gasteiger partial charge in [0.2, 0.25) is 5.91 Å². The van der Waals surface area contributed by atoms with Crippen LogP contribution in [0.5, 0.6) is 0 Å². The van der Waals surface area contributed by atoms with E-state index in [1.165, 1.54) is 7.11 Å². The van der Waals surface area contributed by atoms with Crippen LogP contribution in [0.15, 0.2) is 24.3 Å². The number of carbonyl (C=O) groups is 2. The number of anilines is 1. The fraction of sp³-hybridized carbons (Fsp3) is 0.529. The number of ether oxygens (including phenoxy) is 1. The van der Waals surface area contributed by atoms with Crippen LogP contribution in [0.2, 0.25) is 0 Å². The number of nitrogens with one attached hydrogen (secondary N) is 1. The molecule has 126 valence electrons. The zero-order valence-corrected chi connectivity index (χ0v) is 14.0. The molecule has 0 radical (unpaired) electrons. The maximum Gasteiger partial charge on any atom is 0.327 e. The summed E-state index contributed by atoms with van der Waals surface area (Å²) in [5, 5.41) is 3.07. The molecule has 0 spiro atoms. The smallest absolute Gasteiger partial charge is 0.327 e. The number of methoxy groups -OCH3 is 1. The molecule has 1 amide bonds. The minimum Gasteiger partial charge on any atom is -0.467 e. The monoisotopic (exact) mass is 319 g/mol. The van der Waals surface area contributed by atoms with E-state index >= 15 is 0 Å². The molecule has 1 atom stereocenters. The largest absolute Gasteiger partial charge is 0.467 e. The molecule has 0 unspecified atom stereocenters. The fourth-order valence-corrected chi connectivity index (χ4v) is 2.55. The van der Waals surface area contributed by atoms with Gasteiger partial charge in [-0.3, -0.25) is 4.79 Å². The van der Waals surface area contributed by atoms with Crippen LogP contribution in [0.25, 0.3) is 0 Å². The van der Waals surface area contributed by atoms with Crippen LogP contribution in [0.4, 0.5) is 5.69 Å². The van der Waals surface area contributed by atoms with Gasteiger partial charge in [0, 0.05) is 31.9 Å². The Balaban J connectivity index is 1.87. The van der Waals surface area contributed by atoms with Gasteiger partial charge in [-0.25, -0.2) is 4.79 Å². The lowest BCUT2D eigenvalue weighted by Gasteiger charge is -2.32. The molecule has 1 heterocycles. The summed E-state index contributed by atoms with van der Waals surface area (Å²) >= 11 is 0. The van der Waals surface area contributed by atoms with Crippen molar-refractivity contribution in [2.24, 2.45) is 0 Å². The molecule has 1 aliphatic heterocycles. The highest BCUT2D eigenvalue weighted by molar-refractivity contribution is 5.80. The molecular formula is C17H25N3O3. The van der Waals surface area contributed by atoms with Gasteiger partial charge in [0.1, 0.15) is 6.04 Å². The van der Waals surface area contributed by atoms with Crippen molar-refractivity contribution in [3.8, 4) is 0 Å². The first kappa shape index (κ1) is 17.3. The molecule has 23 heavy (non-hydrogen) atoms. The van der Waals surface area contributed by atoms with E-state index in [1.54, 1.807) is 6.92 Å². The Morgan fingerprint density at radius 3 is 2.35 bits per heavy atom. The van der Waals surface area contributed by atoms with Crippen LogP contribution in [-0.4, -0.2) is 68.1 Å². The van der Waals surface area contributed by atoms with Gasteiger partial charge >= 0.3 is 5.97 Å². The van der Waals surface area contributed by atoms with Crippen molar-refractivity contribution in [3.63, 3.8) is 0 Å². The number of likely N-dealkylation sites (N-methyl/N-ethyl adjacent to an activating group) is 1. The molecule has 1 aliphatic rings. The number of carbonyl (C=O) groups excluding carboxylic acids is 2. The molecule has 1 aromatic carbocycles. The minimum absolute atomic E-state index is 0.168. The van der Waals surface area contributed by atoms with Crippen LogP contribution < -0.4 is 5.32 Å². The molecule has 6 heteroatoms. The highest BCUT2D eigenvalue weighted by Crippen LogP contribution is 2.13. The second-order valence-corrected chi connectivity index (χ2v) is 5.95. The van der Waals surface area contributed by atoms with Crippen LogP contribution in [0, 0.1) is 0 Å². The molecule has 0 saturated carbocycles. The van der Waals surface area contributed by atoms with Crippen molar-refractivity contribution in [3.05, 3.63) is 29.8 Å². The molecule has 1 saturated heterocycles. The topological polar surface area (TPSA) is 61.9 Å². The molecule has 2 rings (SSSR count). The van der Waals surface area contributed by atoms with Crippen LogP contribution in [-0.2, 0) is 20.7 Å². The maximum absolute atomic E-state index is 12.3. The predicted octanol–water partition coefficient (Wildman–Crippen LogP) is 0.976. The Hall–Kier alpha value is -2.08. The second kappa shape index (κ2) is 7.97. The molecule has 1 fully saturated rings. The second-order valence-electron chi connectivity index (χ2n) is 5.95. The lowest BCUT2D eigenvalue weighted by atomic mass is 10.1. The summed E-state index contributed by atoms with van der Waals surface area (Å²) < 4.78 is 4.68. The van der Waals surface area contributed by atoms with E-state index in [2.05, 4.69) is 22.0 Å². The first-order valence-corrected chi connectivity index (χ1v) is 7.89. The summed E-state index contributed by atoms with van der Waals surface area (Å²) in [5.74, 6) is -0.138. The molecular weight excluding hydrogens is 294 g/mol.